The van der Waals surface area contributed by atoms with Crippen LogP contribution in [0, 0.1) is 6.92 Å². The standard InChI is InChI=1S/C12H16N4/c1-9-3-4-10-5-6-11(14-8-2-7-13)16-12(10)15-9/h3-6H,2,7-8,13H2,1H3,(H,14,15,16). The van der Waals surface area contributed by atoms with E-state index in [0.29, 0.717) is 6.54 Å². The third-order valence-corrected chi connectivity index (χ3v) is 2.38. The summed E-state index contributed by atoms with van der Waals surface area (Å²) >= 11 is 0. The van der Waals surface area contributed by atoms with Crippen LogP contribution in [-0.4, -0.2) is 23.1 Å². The van der Waals surface area contributed by atoms with E-state index in [0.717, 1.165) is 35.5 Å². The molecule has 0 atom stereocenters. The van der Waals surface area contributed by atoms with Crippen LogP contribution in [0.25, 0.3) is 11.0 Å². The average Bonchev–Trinajstić information content (AvgIpc) is 2.29. The molecular formula is C12H16N4. The lowest BCUT2D eigenvalue weighted by Gasteiger charge is -2.05. The molecular weight excluding hydrogens is 200 g/mol. The predicted molar refractivity (Wildman–Crippen MR) is 66.4 cm³/mol. The molecule has 2 aromatic rings. The van der Waals surface area contributed by atoms with E-state index in [1.54, 1.807) is 0 Å². The summed E-state index contributed by atoms with van der Waals surface area (Å²) in [7, 11) is 0. The van der Waals surface area contributed by atoms with Gasteiger partial charge in [-0.3, -0.25) is 0 Å². The maximum Gasteiger partial charge on any atom is 0.161 e. The molecule has 0 amide bonds. The number of nitrogens with one attached hydrogen (secondary N) is 1. The normalized spacial score (nSPS) is 10.6. The zero-order valence-electron chi connectivity index (χ0n) is 9.40. The first kappa shape index (κ1) is 10.8. The van der Waals surface area contributed by atoms with Gasteiger partial charge < -0.3 is 11.1 Å². The lowest BCUT2D eigenvalue weighted by Crippen LogP contribution is -2.09. The minimum absolute atomic E-state index is 0.692. The molecule has 16 heavy (non-hydrogen) atoms. The highest BCUT2D eigenvalue weighted by Crippen LogP contribution is 2.13. The fraction of sp³-hybridized carbons (Fsp3) is 0.333. The molecule has 0 aliphatic rings. The number of anilines is 1. The van der Waals surface area contributed by atoms with E-state index in [1.807, 2.05) is 31.2 Å². The Balaban J connectivity index is 2.21. The van der Waals surface area contributed by atoms with Gasteiger partial charge in [-0.25, -0.2) is 9.97 Å². The lowest BCUT2D eigenvalue weighted by atomic mass is 10.2. The van der Waals surface area contributed by atoms with E-state index in [1.165, 1.54) is 0 Å². The van der Waals surface area contributed by atoms with Gasteiger partial charge in [-0.1, -0.05) is 0 Å². The summed E-state index contributed by atoms with van der Waals surface area (Å²) in [5, 5.41) is 4.29. The van der Waals surface area contributed by atoms with Crippen molar-refractivity contribution in [3.63, 3.8) is 0 Å². The molecule has 0 unspecified atom stereocenters. The smallest absolute Gasteiger partial charge is 0.161 e. The van der Waals surface area contributed by atoms with Crippen LogP contribution in [0.3, 0.4) is 0 Å². The molecule has 0 radical (unpaired) electrons. The van der Waals surface area contributed by atoms with E-state index in [4.69, 9.17) is 5.73 Å². The minimum atomic E-state index is 0.692. The molecule has 4 heteroatoms. The van der Waals surface area contributed by atoms with Crippen LogP contribution in [0.15, 0.2) is 24.3 Å². The summed E-state index contributed by atoms with van der Waals surface area (Å²) in [6.07, 6.45) is 0.945. The van der Waals surface area contributed by atoms with Crippen LogP contribution in [-0.2, 0) is 0 Å². The molecule has 2 heterocycles. The molecule has 0 aromatic carbocycles. The molecule has 2 rings (SSSR count). The molecule has 3 N–H and O–H groups in total. The van der Waals surface area contributed by atoms with Gasteiger partial charge in [0.15, 0.2) is 5.65 Å². The monoisotopic (exact) mass is 216 g/mol. The topological polar surface area (TPSA) is 63.8 Å². The van der Waals surface area contributed by atoms with Crippen molar-refractivity contribution in [3.8, 4) is 0 Å². The number of hydrogen-bond donors (Lipinski definition) is 2. The fourth-order valence-electron chi connectivity index (χ4n) is 1.51. The molecule has 0 saturated heterocycles. The zero-order valence-corrected chi connectivity index (χ0v) is 9.40. The lowest BCUT2D eigenvalue weighted by molar-refractivity contribution is 0.871. The van der Waals surface area contributed by atoms with Crippen LogP contribution < -0.4 is 11.1 Å². The van der Waals surface area contributed by atoms with Gasteiger partial charge in [0, 0.05) is 17.6 Å². The summed E-state index contributed by atoms with van der Waals surface area (Å²) in [6, 6.07) is 8.02. The first-order valence-electron chi connectivity index (χ1n) is 5.48. The van der Waals surface area contributed by atoms with Crippen molar-refractivity contribution in [1.82, 2.24) is 9.97 Å². The van der Waals surface area contributed by atoms with Gasteiger partial charge in [-0.2, -0.15) is 0 Å². The molecule has 0 saturated carbocycles. The van der Waals surface area contributed by atoms with E-state index in [2.05, 4.69) is 15.3 Å². The molecule has 2 aromatic heterocycles. The molecule has 0 fully saturated rings. The Morgan fingerprint density at radius 2 is 2.00 bits per heavy atom. The van der Waals surface area contributed by atoms with Crippen molar-refractivity contribution in [2.45, 2.75) is 13.3 Å². The average molecular weight is 216 g/mol. The Bertz CT molecular complexity index is 481. The Morgan fingerprint density at radius 1 is 1.19 bits per heavy atom. The first-order valence-corrected chi connectivity index (χ1v) is 5.48. The summed E-state index contributed by atoms with van der Waals surface area (Å²) < 4.78 is 0. The van der Waals surface area contributed by atoms with Crippen LogP contribution in [0.4, 0.5) is 5.82 Å². The maximum absolute atomic E-state index is 5.43. The quantitative estimate of drug-likeness (QED) is 0.763. The second-order valence-corrected chi connectivity index (χ2v) is 3.76. The van der Waals surface area contributed by atoms with Crippen molar-refractivity contribution < 1.29 is 0 Å². The van der Waals surface area contributed by atoms with Crippen LogP contribution >= 0.6 is 0 Å². The van der Waals surface area contributed by atoms with Gasteiger partial charge >= 0.3 is 0 Å². The van der Waals surface area contributed by atoms with Crippen molar-refractivity contribution in [3.05, 3.63) is 30.0 Å². The molecule has 0 aliphatic heterocycles. The van der Waals surface area contributed by atoms with Crippen molar-refractivity contribution in [2.75, 3.05) is 18.4 Å². The SMILES string of the molecule is Cc1ccc2ccc(NCCCN)nc2n1. The van der Waals surface area contributed by atoms with Gasteiger partial charge in [0.05, 0.1) is 0 Å². The number of nitrogens with two attached hydrogens (primary N) is 1. The van der Waals surface area contributed by atoms with Crippen LogP contribution in [0.2, 0.25) is 0 Å². The highest BCUT2D eigenvalue weighted by molar-refractivity contribution is 5.76. The van der Waals surface area contributed by atoms with Gasteiger partial charge in [-0.05, 0) is 44.2 Å². The second kappa shape index (κ2) is 4.90. The van der Waals surface area contributed by atoms with Crippen molar-refractivity contribution in [2.24, 2.45) is 5.73 Å². The van der Waals surface area contributed by atoms with Gasteiger partial charge in [0.1, 0.15) is 5.82 Å². The van der Waals surface area contributed by atoms with Crippen molar-refractivity contribution in [1.29, 1.82) is 0 Å². The van der Waals surface area contributed by atoms with E-state index >= 15 is 0 Å². The second-order valence-electron chi connectivity index (χ2n) is 3.76. The zero-order chi connectivity index (χ0) is 11.4. The summed E-state index contributed by atoms with van der Waals surface area (Å²) in [5.41, 5.74) is 7.21. The largest absolute Gasteiger partial charge is 0.370 e. The third-order valence-electron chi connectivity index (χ3n) is 2.38. The Kier molecular flexibility index (Phi) is 3.31. The fourth-order valence-corrected chi connectivity index (χ4v) is 1.51. The number of rotatable bonds is 4. The van der Waals surface area contributed by atoms with E-state index in [-0.39, 0.29) is 0 Å². The third kappa shape index (κ3) is 2.46. The van der Waals surface area contributed by atoms with Gasteiger partial charge in [0.25, 0.3) is 0 Å². The summed E-state index contributed by atoms with van der Waals surface area (Å²) in [4.78, 5) is 8.83. The number of aryl methyl sites for hydroxylation is 1. The number of aromatic nitrogens is 2. The number of fused-ring (bicyclic) bond motifs is 1. The minimum Gasteiger partial charge on any atom is -0.370 e. The number of nitrogens with zero attached hydrogens (tertiary/aromatic N) is 2. The first-order chi connectivity index (χ1) is 7.79. The predicted octanol–water partition coefficient (Wildman–Crippen LogP) is 1.70. The Labute approximate surface area is 94.9 Å². The van der Waals surface area contributed by atoms with E-state index < -0.39 is 0 Å². The highest BCUT2D eigenvalue weighted by Gasteiger charge is 1.99. The molecule has 84 valence electrons. The summed E-state index contributed by atoms with van der Waals surface area (Å²) in [5.74, 6) is 0.860. The molecule has 0 aliphatic carbocycles. The van der Waals surface area contributed by atoms with E-state index in [9.17, 15) is 0 Å². The summed E-state index contributed by atoms with van der Waals surface area (Å²) in [6.45, 7) is 3.51. The number of hydrogen-bond acceptors (Lipinski definition) is 4. The Hall–Kier alpha value is -1.68. The van der Waals surface area contributed by atoms with Crippen LogP contribution in [0.1, 0.15) is 12.1 Å². The van der Waals surface area contributed by atoms with Crippen LogP contribution in [0.5, 0.6) is 0 Å². The highest BCUT2D eigenvalue weighted by atomic mass is 15.0. The van der Waals surface area contributed by atoms with Crippen molar-refractivity contribution >= 4 is 16.9 Å². The number of pyridine rings is 2. The van der Waals surface area contributed by atoms with Gasteiger partial charge in [0.2, 0.25) is 0 Å². The Morgan fingerprint density at radius 3 is 2.81 bits per heavy atom. The molecule has 0 bridgehead atoms. The maximum atomic E-state index is 5.43. The van der Waals surface area contributed by atoms with Gasteiger partial charge in [-0.15, -0.1) is 0 Å². The molecule has 0 spiro atoms. The molecule has 4 nitrogen and oxygen atoms in total.